The number of hydrogen-bond acceptors (Lipinski definition) is 7. The Bertz CT molecular complexity index is 980. The molecule has 0 saturated carbocycles. The predicted molar refractivity (Wildman–Crippen MR) is 137 cm³/mol. The van der Waals surface area contributed by atoms with Crippen LogP contribution in [0.3, 0.4) is 0 Å². The molecule has 0 unspecified atom stereocenters. The lowest BCUT2D eigenvalue weighted by atomic mass is 10.1. The Morgan fingerprint density at radius 3 is 1.83 bits per heavy atom. The number of unbranched alkanes of at least 4 members (excludes halogenated alkanes) is 2. The molecule has 0 amide bonds. The fourth-order valence-electron chi connectivity index (χ4n) is 4.28. The summed E-state index contributed by atoms with van der Waals surface area (Å²) in [4.78, 5) is 30.5. The van der Waals surface area contributed by atoms with Gasteiger partial charge in [0.1, 0.15) is 11.6 Å². The van der Waals surface area contributed by atoms with E-state index in [-0.39, 0.29) is 12.4 Å². The van der Waals surface area contributed by atoms with Gasteiger partial charge in [0.15, 0.2) is 0 Å². The van der Waals surface area contributed by atoms with Gasteiger partial charge in [0, 0.05) is 37.3 Å². The quantitative estimate of drug-likeness (QED) is 0.334. The average molecular weight is 483 g/mol. The van der Waals surface area contributed by atoms with Crippen molar-refractivity contribution in [2.45, 2.75) is 77.0 Å². The molecule has 8 heteroatoms. The van der Waals surface area contributed by atoms with Gasteiger partial charge >= 0.3 is 11.9 Å². The van der Waals surface area contributed by atoms with Crippen LogP contribution in [0.25, 0.3) is 0 Å². The highest BCUT2D eigenvalue weighted by Crippen LogP contribution is 2.21. The van der Waals surface area contributed by atoms with Crippen LogP contribution in [0, 0.1) is 0 Å². The van der Waals surface area contributed by atoms with E-state index < -0.39 is 5.97 Å². The number of aromatic nitrogens is 2. The van der Waals surface area contributed by atoms with E-state index in [1.165, 1.54) is 31.1 Å². The summed E-state index contributed by atoms with van der Waals surface area (Å²) in [5.74, 6) is 1.22. The van der Waals surface area contributed by atoms with Gasteiger partial charge in [-0.25, -0.2) is 9.97 Å². The molecule has 35 heavy (non-hydrogen) atoms. The van der Waals surface area contributed by atoms with E-state index in [1.54, 1.807) is 0 Å². The zero-order chi connectivity index (χ0) is 24.9. The number of carboxylic acids is 1. The average Bonchev–Trinajstić information content (AvgIpc) is 2.89. The molecular formula is C27H38N4O4. The van der Waals surface area contributed by atoms with Gasteiger partial charge < -0.3 is 20.5 Å². The lowest BCUT2D eigenvalue weighted by Gasteiger charge is -2.17. The Morgan fingerprint density at radius 1 is 0.829 bits per heavy atom. The highest BCUT2D eigenvalue weighted by atomic mass is 16.5. The molecule has 2 aliphatic heterocycles. The number of rotatable bonds is 10. The molecule has 0 fully saturated rings. The summed E-state index contributed by atoms with van der Waals surface area (Å²) in [5, 5.41) is 15.2. The molecule has 8 nitrogen and oxygen atoms in total. The van der Waals surface area contributed by atoms with Crippen LogP contribution in [-0.2, 0) is 40.0 Å². The van der Waals surface area contributed by atoms with Gasteiger partial charge in [-0.2, -0.15) is 0 Å². The molecule has 2 aromatic heterocycles. The smallest absolute Gasteiger partial charge is 0.305 e. The van der Waals surface area contributed by atoms with Crippen molar-refractivity contribution in [1.82, 2.24) is 9.97 Å². The molecule has 0 saturated heterocycles. The van der Waals surface area contributed by atoms with Gasteiger partial charge in [-0.05, 0) is 87.5 Å². The van der Waals surface area contributed by atoms with Crippen molar-refractivity contribution in [2.75, 3.05) is 30.8 Å². The van der Waals surface area contributed by atoms with Crippen molar-refractivity contribution in [3.8, 4) is 0 Å². The second-order valence-electron chi connectivity index (χ2n) is 9.07. The Hall–Kier alpha value is -3.16. The monoisotopic (exact) mass is 482 g/mol. The van der Waals surface area contributed by atoms with Crippen molar-refractivity contribution >= 4 is 23.6 Å². The van der Waals surface area contributed by atoms with Crippen LogP contribution in [0.4, 0.5) is 11.6 Å². The minimum absolute atomic E-state index is 0.130. The molecule has 0 radical (unpaired) electrons. The first kappa shape index (κ1) is 26.4. The first-order valence-corrected chi connectivity index (χ1v) is 12.8. The van der Waals surface area contributed by atoms with E-state index >= 15 is 0 Å². The molecule has 4 heterocycles. The fourth-order valence-corrected chi connectivity index (χ4v) is 4.28. The molecule has 2 aromatic rings. The summed E-state index contributed by atoms with van der Waals surface area (Å²) in [6.45, 7) is 2.02. The number of pyridine rings is 2. The summed E-state index contributed by atoms with van der Waals surface area (Å²) < 4.78 is 4.61. The number of aliphatic carboxylic acids is 1. The van der Waals surface area contributed by atoms with Crippen LogP contribution in [-0.4, -0.2) is 47.2 Å². The Kier molecular flexibility index (Phi) is 10.8. The zero-order valence-corrected chi connectivity index (χ0v) is 20.8. The van der Waals surface area contributed by atoms with Crippen molar-refractivity contribution < 1.29 is 19.4 Å². The SMILES string of the molecule is COC(=O)CCCCc1ccc2c(n1)NCCC2.O=C(O)CCCCc1ccc2c(n1)NCCC2. The summed E-state index contributed by atoms with van der Waals surface area (Å²) >= 11 is 0. The van der Waals surface area contributed by atoms with E-state index in [0.717, 1.165) is 87.5 Å². The van der Waals surface area contributed by atoms with Crippen molar-refractivity contribution in [1.29, 1.82) is 0 Å². The van der Waals surface area contributed by atoms with Gasteiger partial charge in [-0.1, -0.05) is 12.1 Å². The largest absolute Gasteiger partial charge is 0.481 e. The normalized spacial score (nSPS) is 13.7. The molecular weight excluding hydrogens is 444 g/mol. The van der Waals surface area contributed by atoms with E-state index in [4.69, 9.17) is 5.11 Å². The third-order valence-electron chi connectivity index (χ3n) is 6.27. The molecule has 4 rings (SSSR count). The lowest BCUT2D eigenvalue weighted by molar-refractivity contribution is -0.140. The van der Waals surface area contributed by atoms with Crippen LogP contribution >= 0.6 is 0 Å². The summed E-state index contributed by atoms with van der Waals surface area (Å²) in [7, 11) is 1.43. The van der Waals surface area contributed by atoms with Gasteiger partial charge in [0.25, 0.3) is 0 Å². The molecule has 190 valence electrons. The maximum atomic E-state index is 11.0. The molecule has 0 bridgehead atoms. The number of nitrogens with zero attached hydrogens (tertiary/aromatic N) is 2. The van der Waals surface area contributed by atoms with Gasteiger partial charge in [0.05, 0.1) is 7.11 Å². The molecule has 2 aliphatic rings. The van der Waals surface area contributed by atoms with Crippen molar-refractivity contribution in [3.05, 3.63) is 46.8 Å². The number of methoxy groups -OCH3 is 1. The molecule has 0 spiro atoms. The number of esters is 1. The minimum atomic E-state index is -0.718. The highest BCUT2D eigenvalue weighted by Gasteiger charge is 2.11. The summed E-state index contributed by atoms with van der Waals surface area (Å²) in [6.07, 6.45) is 10.6. The predicted octanol–water partition coefficient (Wildman–Crippen LogP) is 4.56. The van der Waals surface area contributed by atoms with Crippen LogP contribution < -0.4 is 10.6 Å². The third kappa shape index (κ3) is 9.19. The van der Waals surface area contributed by atoms with E-state index in [9.17, 15) is 9.59 Å². The second-order valence-corrected chi connectivity index (χ2v) is 9.07. The van der Waals surface area contributed by atoms with E-state index in [2.05, 4.69) is 49.6 Å². The first-order chi connectivity index (χ1) is 17.0. The van der Waals surface area contributed by atoms with Gasteiger partial charge in [-0.3, -0.25) is 9.59 Å². The number of ether oxygens (including phenoxy) is 1. The minimum Gasteiger partial charge on any atom is -0.481 e. The second kappa shape index (κ2) is 14.3. The first-order valence-electron chi connectivity index (χ1n) is 12.8. The third-order valence-corrected chi connectivity index (χ3v) is 6.27. The zero-order valence-electron chi connectivity index (χ0n) is 20.8. The maximum absolute atomic E-state index is 11.0. The molecule has 3 N–H and O–H groups in total. The Morgan fingerprint density at radius 2 is 1.34 bits per heavy atom. The maximum Gasteiger partial charge on any atom is 0.305 e. The number of hydrogen-bond donors (Lipinski definition) is 3. The number of anilines is 2. The van der Waals surface area contributed by atoms with Crippen LogP contribution in [0.15, 0.2) is 24.3 Å². The highest BCUT2D eigenvalue weighted by molar-refractivity contribution is 5.69. The van der Waals surface area contributed by atoms with Gasteiger partial charge in [-0.15, -0.1) is 0 Å². The van der Waals surface area contributed by atoms with Crippen LogP contribution in [0.1, 0.15) is 73.9 Å². The van der Waals surface area contributed by atoms with E-state index in [1.807, 2.05) is 0 Å². The number of carbonyl (C=O) groups is 2. The van der Waals surface area contributed by atoms with Crippen LogP contribution in [0.2, 0.25) is 0 Å². The number of carboxylic acid groups (broad SMARTS) is 1. The van der Waals surface area contributed by atoms with Crippen molar-refractivity contribution in [3.63, 3.8) is 0 Å². The van der Waals surface area contributed by atoms with Crippen LogP contribution in [0.5, 0.6) is 0 Å². The molecule has 0 aromatic carbocycles. The Labute approximate surface area is 207 Å². The molecule has 0 atom stereocenters. The standard InChI is InChI=1S/C14H20N2O2.C13H18N2O2/c1-18-13(17)7-3-2-6-12-9-8-11-5-4-10-15-14(11)16-12;16-12(17)6-2-1-5-11-8-7-10-4-3-9-14-13(10)15-11/h8-9H,2-7,10H2,1H3,(H,15,16);7-8H,1-6,9H2,(H,14,15)(H,16,17). The number of carbonyl (C=O) groups excluding carboxylic acids is 1. The fraction of sp³-hybridized carbons (Fsp3) is 0.556. The Balaban J connectivity index is 0.000000196. The number of nitrogens with one attached hydrogen (secondary N) is 2. The lowest BCUT2D eigenvalue weighted by Crippen LogP contribution is -2.14. The van der Waals surface area contributed by atoms with E-state index in [0.29, 0.717) is 6.42 Å². The van der Waals surface area contributed by atoms with Gasteiger partial charge in [0.2, 0.25) is 0 Å². The summed E-state index contributed by atoms with van der Waals surface area (Å²) in [5.41, 5.74) is 4.78. The summed E-state index contributed by atoms with van der Waals surface area (Å²) in [6, 6.07) is 8.47. The number of fused-ring (bicyclic) bond motifs is 2. The molecule has 0 aliphatic carbocycles. The topological polar surface area (TPSA) is 113 Å². The van der Waals surface area contributed by atoms with Crippen molar-refractivity contribution in [2.24, 2.45) is 0 Å². The number of aryl methyl sites for hydroxylation is 4.